The molecule has 1 heterocycles. The van der Waals surface area contributed by atoms with Crippen molar-refractivity contribution in [2.24, 2.45) is 5.10 Å². The largest absolute Gasteiger partial charge is 0.504 e. The van der Waals surface area contributed by atoms with Gasteiger partial charge in [-0.05, 0) is 55.0 Å². The first-order chi connectivity index (χ1) is 16.6. The van der Waals surface area contributed by atoms with Crippen molar-refractivity contribution in [2.45, 2.75) is 13.5 Å². The Balaban J connectivity index is 1.35. The first-order valence-corrected chi connectivity index (χ1v) is 10.7. The van der Waals surface area contributed by atoms with Crippen LogP contribution in [0.5, 0.6) is 17.2 Å². The lowest BCUT2D eigenvalue weighted by molar-refractivity contribution is 0.0950. The summed E-state index contributed by atoms with van der Waals surface area (Å²) in [5.41, 5.74) is 5.64. The van der Waals surface area contributed by atoms with Gasteiger partial charge in [-0.3, -0.25) is 9.89 Å². The van der Waals surface area contributed by atoms with Crippen LogP contribution in [-0.4, -0.2) is 34.0 Å². The van der Waals surface area contributed by atoms with Crippen LogP contribution in [0.2, 0.25) is 0 Å². The van der Waals surface area contributed by atoms with Crippen molar-refractivity contribution in [1.82, 2.24) is 15.6 Å². The van der Waals surface area contributed by atoms with Gasteiger partial charge in [0.1, 0.15) is 18.1 Å². The highest BCUT2D eigenvalue weighted by molar-refractivity contribution is 5.94. The number of hydrogen-bond acceptors (Lipinski definition) is 6. The molecule has 0 aliphatic carbocycles. The summed E-state index contributed by atoms with van der Waals surface area (Å²) >= 11 is 0. The van der Waals surface area contributed by atoms with E-state index in [1.807, 2.05) is 61.5 Å². The van der Waals surface area contributed by atoms with E-state index in [9.17, 15) is 9.90 Å². The number of ether oxygens (including phenoxy) is 2. The molecule has 0 unspecified atom stereocenters. The van der Waals surface area contributed by atoms with Crippen LogP contribution in [0.4, 0.5) is 0 Å². The highest BCUT2D eigenvalue weighted by atomic mass is 16.5. The van der Waals surface area contributed by atoms with E-state index < -0.39 is 5.91 Å². The molecule has 4 aromatic rings. The first-order valence-electron chi connectivity index (χ1n) is 10.7. The Morgan fingerprint density at radius 1 is 1.06 bits per heavy atom. The molecule has 3 aromatic carbocycles. The molecule has 0 fully saturated rings. The van der Waals surface area contributed by atoms with Gasteiger partial charge < -0.3 is 14.6 Å². The Morgan fingerprint density at radius 2 is 1.85 bits per heavy atom. The third-order valence-electron chi connectivity index (χ3n) is 4.92. The zero-order chi connectivity index (χ0) is 23.8. The Hall–Kier alpha value is -4.59. The van der Waals surface area contributed by atoms with Crippen LogP contribution < -0.4 is 14.9 Å². The molecule has 172 valence electrons. The fourth-order valence-corrected chi connectivity index (χ4v) is 3.18. The zero-order valence-electron chi connectivity index (χ0n) is 18.6. The summed E-state index contributed by atoms with van der Waals surface area (Å²) < 4.78 is 11.1. The van der Waals surface area contributed by atoms with E-state index in [4.69, 9.17) is 9.47 Å². The summed E-state index contributed by atoms with van der Waals surface area (Å²) in [6, 6.07) is 24.1. The van der Waals surface area contributed by atoms with Gasteiger partial charge in [0, 0.05) is 11.1 Å². The summed E-state index contributed by atoms with van der Waals surface area (Å²) in [5.74, 6) is 0.597. The van der Waals surface area contributed by atoms with Gasteiger partial charge in [-0.1, -0.05) is 36.4 Å². The maximum absolute atomic E-state index is 12.4. The van der Waals surface area contributed by atoms with Crippen LogP contribution in [0, 0.1) is 0 Å². The number of phenols is 1. The number of carbonyl (C=O) groups excluding carboxylic acids is 1. The van der Waals surface area contributed by atoms with Crippen LogP contribution >= 0.6 is 0 Å². The van der Waals surface area contributed by atoms with E-state index >= 15 is 0 Å². The number of carbonyl (C=O) groups is 1. The molecule has 0 saturated heterocycles. The molecule has 0 radical (unpaired) electrons. The summed E-state index contributed by atoms with van der Waals surface area (Å²) in [5, 5.41) is 21.0. The monoisotopic (exact) mass is 456 g/mol. The fraction of sp³-hybridized carbons (Fsp3) is 0.115. The van der Waals surface area contributed by atoms with E-state index in [-0.39, 0.29) is 11.4 Å². The van der Waals surface area contributed by atoms with Gasteiger partial charge in [0.15, 0.2) is 11.5 Å². The maximum atomic E-state index is 12.4. The molecule has 34 heavy (non-hydrogen) atoms. The van der Waals surface area contributed by atoms with E-state index in [2.05, 4.69) is 20.7 Å². The molecule has 0 aliphatic heterocycles. The van der Waals surface area contributed by atoms with E-state index in [0.717, 1.165) is 16.9 Å². The summed E-state index contributed by atoms with van der Waals surface area (Å²) in [7, 11) is 0. The average molecular weight is 457 g/mol. The normalized spacial score (nSPS) is 10.9. The zero-order valence-corrected chi connectivity index (χ0v) is 18.6. The number of hydrogen-bond donors (Lipinski definition) is 3. The number of nitrogens with zero attached hydrogens (tertiary/aromatic N) is 2. The van der Waals surface area contributed by atoms with E-state index in [1.54, 1.807) is 24.3 Å². The molecule has 3 N–H and O–H groups in total. The van der Waals surface area contributed by atoms with Crippen molar-refractivity contribution in [1.29, 1.82) is 0 Å². The van der Waals surface area contributed by atoms with Crippen molar-refractivity contribution < 1.29 is 19.4 Å². The number of aromatic hydroxyl groups is 1. The van der Waals surface area contributed by atoms with Gasteiger partial charge in [-0.2, -0.15) is 10.2 Å². The second-order valence-corrected chi connectivity index (χ2v) is 7.29. The Morgan fingerprint density at radius 3 is 2.62 bits per heavy atom. The lowest BCUT2D eigenvalue weighted by Crippen LogP contribution is -2.18. The van der Waals surface area contributed by atoms with Crippen LogP contribution in [0.3, 0.4) is 0 Å². The molecule has 1 amide bonds. The van der Waals surface area contributed by atoms with Crippen molar-refractivity contribution >= 4 is 12.1 Å². The summed E-state index contributed by atoms with van der Waals surface area (Å²) in [6.07, 6.45) is 1.35. The summed E-state index contributed by atoms with van der Waals surface area (Å²) in [6.45, 7) is 2.74. The minimum absolute atomic E-state index is 0.0395. The molecule has 1 aromatic heterocycles. The smallest absolute Gasteiger partial charge is 0.289 e. The highest BCUT2D eigenvalue weighted by Gasteiger charge is 2.11. The highest BCUT2D eigenvalue weighted by Crippen LogP contribution is 2.28. The predicted octanol–water partition coefficient (Wildman–Crippen LogP) is 4.52. The standard InChI is InChI=1S/C26H24N4O4/c1-2-33-24-10-6-9-20(25(24)31)16-27-30-26(32)23-15-22(28-29-23)19-11-13-21(14-12-19)34-17-18-7-4-3-5-8-18/h3-16,31H,2,17H2,1H3,(H,28,29)(H,30,32)/b27-16+. The molecular weight excluding hydrogens is 432 g/mol. The second kappa shape index (κ2) is 10.8. The number of benzene rings is 3. The molecule has 0 spiro atoms. The predicted molar refractivity (Wildman–Crippen MR) is 129 cm³/mol. The fourth-order valence-electron chi connectivity index (χ4n) is 3.18. The van der Waals surface area contributed by atoms with E-state index in [1.165, 1.54) is 6.21 Å². The number of aromatic amines is 1. The van der Waals surface area contributed by atoms with Crippen LogP contribution in [-0.2, 0) is 6.61 Å². The van der Waals surface area contributed by atoms with Crippen molar-refractivity contribution in [2.75, 3.05) is 6.61 Å². The molecule has 8 nitrogen and oxygen atoms in total. The third-order valence-corrected chi connectivity index (χ3v) is 4.92. The first kappa shape index (κ1) is 22.6. The molecule has 0 atom stereocenters. The average Bonchev–Trinajstić information content (AvgIpc) is 3.37. The topological polar surface area (TPSA) is 109 Å². The van der Waals surface area contributed by atoms with Crippen molar-refractivity contribution in [3.63, 3.8) is 0 Å². The van der Waals surface area contributed by atoms with Gasteiger partial charge in [0.25, 0.3) is 5.91 Å². The lowest BCUT2D eigenvalue weighted by atomic mass is 10.1. The number of amides is 1. The number of rotatable bonds is 9. The van der Waals surface area contributed by atoms with Crippen LogP contribution in [0.25, 0.3) is 11.3 Å². The van der Waals surface area contributed by atoms with Crippen molar-refractivity contribution in [3.8, 4) is 28.5 Å². The Kier molecular flexibility index (Phi) is 7.19. The number of phenolic OH excluding ortho intramolecular Hbond substituents is 1. The summed E-state index contributed by atoms with van der Waals surface area (Å²) in [4.78, 5) is 12.4. The molecule has 0 aliphatic rings. The molecule has 4 rings (SSSR count). The SMILES string of the molecule is CCOc1cccc(/C=N/NC(=O)c2cc(-c3ccc(OCc4ccccc4)cc3)n[nH]2)c1O. The molecule has 8 heteroatoms. The molecular formula is C26H24N4O4. The van der Waals surface area contributed by atoms with Gasteiger partial charge in [0.05, 0.1) is 18.5 Å². The maximum Gasteiger partial charge on any atom is 0.289 e. The quantitative estimate of drug-likeness (QED) is 0.253. The van der Waals surface area contributed by atoms with Gasteiger partial charge >= 0.3 is 0 Å². The molecule has 0 bridgehead atoms. The second-order valence-electron chi connectivity index (χ2n) is 7.29. The van der Waals surface area contributed by atoms with Gasteiger partial charge in [0.2, 0.25) is 0 Å². The number of hydrazone groups is 1. The third kappa shape index (κ3) is 5.60. The number of nitrogens with one attached hydrogen (secondary N) is 2. The lowest BCUT2D eigenvalue weighted by Gasteiger charge is -2.07. The van der Waals surface area contributed by atoms with Crippen LogP contribution in [0.15, 0.2) is 84.0 Å². The number of para-hydroxylation sites is 1. The minimum Gasteiger partial charge on any atom is -0.504 e. The van der Waals surface area contributed by atoms with Crippen LogP contribution in [0.1, 0.15) is 28.5 Å². The van der Waals surface area contributed by atoms with Crippen molar-refractivity contribution in [3.05, 3.63) is 95.7 Å². The Bertz CT molecular complexity index is 1270. The Labute approximate surface area is 196 Å². The molecule has 0 saturated carbocycles. The number of aromatic nitrogens is 2. The number of H-pyrrole nitrogens is 1. The van der Waals surface area contributed by atoms with E-state index in [0.29, 0.717) is 30.2 Å². The minimum atomic E-state index is -0.460. The van der Waals surface area contributed by atoms with Gasteiger partial charge in [-0.15, -0.1) is 0 Å². The van der Waals surface area contributed by atoms with Gasteiger partial charge in [-0.25, -0.2) is 5.43 Å².